The van der Waals surface area contributed by atoms with Crippen LogP contribution in [0.25, 0.3) is 0 Å². The highest BCUT2D eigenvalue weighted by atomic mass is 32.2. The standard InChI is InChI=1S/C13H15N3O4S/c1-8-4-5-11(9(2)6-8)21(19,20)15-12-10(13(17)18)7-14-16(12)3/h4-7,15H,1-3H3,(H,17,18). The first-order valence-corrected chi connectivity index (χ1v) is 7.56. The van der Waals surface area contributed by atoms with E-state index in [0.717, 1.165) is 11.8 Å². The molecule has 1 aromatic carbocycles. The van der Waals surface area contributed by atoms with E-state index in [9.17, 15) is 13.2 Å². The van der Waals surface area contributed by atoms with Gasteiger partial charge < -0.3 is 5.11 Å². The van der Waals surface area contributed by atoms with Gasteiger partial charge in [-0.2, -0.15) is 5.10 Å². The van der Waals surface area contributed by atoms with Gasteiger partial charge in [0.1, 0.15) is 5.56 Å². The Balaban J connectivity index is 2.47. The van der Waals surface area contributed by atoms with Gasteiger partial charge in [0.2, 0.25) is 0 Å². The lowest BCUT2D eigenvalue weighted by Gasteiger charge is -2.11. The molecular formula is C13H15N3O4S. The summed E-state index contributed by atoms with van der Waals surface area (Å²) in [5.74, 6) is -1.33. The van der Waals surface area contributed by atoms with Crippen molar-refractivity contribution in [2.75, 3.05) is 4.72 Å². The molecule has 2 N–H and O–H groups in total. The van der Waals surface area contributed by atoms with E-state index in [1.165, 1.54) is 17.8 Å². The first-order chi connectivity index (χ1) is 9.72. The number of sulfonamides is 1. The van der Waals surface area contributed by atoms with E-state index in [1.807, 2.05) is 6.92 Å². The molecule has 112 valence electrons. The van der Waals surface area contributed by atoms with E-state index in [-0.39, 0.29) is 16.3 Å². The lowest BCUT2D eigenvalue weighted by molar-refractivity contribution is 0.0698. The lowest BCUT2D eigenvalue weighted by atomic mass is 10.2. The second kappa shape index (κ2) is 5.21. The molecule has 0 spiro atoms. The predicted octanol–water partition coefficient (Wildman–Crippen LogP) is 1.54. The Bertz CT molecular complexity index is 809. The Morgan fingerprint density at radius 1 is 1.33 bits per heavy atom. The average molecular weight is 309 g/mol. The summed E-state index contributed by atoms with van der Waals surface area (Å²) in [4.78, 5) is 11.2. The number of aromatic carboxylic acids is 1. The molecule has 2 rings (SSSR count). The number of carboxylic acid groups (broad SMARTS) is 1. The van der Waals surface area contributed by atoms with Crippen molar-refractivity contribution in [2.24, 2.45) is 7.05 Å². The van der Waals surface area contributed by atoms with Crippen molar-refractivity contribution in [1.82, 2.24) is 9.78 Å². The molecule has 1 heterocycles. The van der Waals surface area contributed by atoms with Gasteiger partial charge in [0.15, 0.2) is 5.82 Å². The Morgan fingerprint density at radius 3 is 2.57 bits per heavy atom. The Morgan fingerprint density at radius 2 is 2.00 bits per heavy atom. The fourth-order valence-electron chi connectivity index (χ4n) is 2.00. The van der Waals surface area contributed by atoms with Gasteiger partial charge in [-0.15, -0.1) is 0 Å². The first kappa shape index (κ1) is 15.0. The number of benzene rings is 1. The van der Waals surface area contributed by atoms with Crippen molar-refractivity contribution in [1.29, 1.82) is 0 Å². The molecule has 0 unspecified atom stereocenters. The molecule has 7 nitrogen and oxygen atoms in total. The average Bonchev–Trinajstić information content (AvgIpc) is 2.70. The zero-order valence-electron chi connectivity index (χ0n) is 11.8. The van der Waals surface area contributed by atoms with Crippen molar-refractivity contribution < 1.29 is 18.3 Å². The van der Waals surface area contributed by atoms with Crippen LogP contribution in [0.2, 0.25) is 0 Å². The summed E-state index contributed by atoms with van der Waals surface area (Å²) < 4.78 is 28.3. The number of nitrogens with zero attached hydrogens (tertiary/aromatic N) is 2. The van der Waals surface area contributed by atoms with Crippen LogP contribution in [0.5, 0.6) is 0 Å². The molecule has 0 bridgehead atoms. The number of nitrogens with one attached hydrogen (secondary N) is 1. The molecule has 0 fully saturated rings. The summed E-state index contributed by atoms with van der Waals surface area (Å²) in [5.41, 5.74) is 1.32. The Hall–Kier alpha value is -2.35. The quantitative estimate of drug-likeness (QED) is 0.892. The highest BCUT2D eigenvalue weighted by molar-refractivity contribution is 7.92. The first-order valence-electron chi connectivity index (χ1n) is 6.08. The summed E-state index contributed by atoms with van der Waals surface area (Å²) in [6, 6.07) is 4.92. The van der Waals surface area contributed by atoms with Gasteiger partial charge in [0.05, 0.1) is 11.1 Å². The van der Waals surface area contributed by atoms with Crippen molar-refractivity contribution in [3.05, 3.63) is 41.1 Å². The van der Waals surface area contributed by atoms with Gasteiger partial charge in [-0.05, 0) is 25.5 Å². The lowest BCUT2D eigenvalue weighted by Crippen LogP contribution is -2.18. The highest BCUT2D eigenvalue weighted by Gasteiger charge is 2.23. The molecule has 0 amide bonds. The van der Waals surface area contributed by atoms with Gasteiger partial charge in [0.25, 0.3) is 10.0 Å². The van der Waals surface area contributed by atoms with Crippen LogP contribution in [-0.4, -0.2) is 29.3 Å². The summed E-state index contributed by atoms with van der Waals surface area (Å²) in [6.45, 7) is 3.55. The summed E-state index contributed by atoms with van der Waals surface area (Å²) in [6.07, 6.45) is 1.10. The zero-order valence-corrected chi connectivity index (χ0v) is 12.6. The molecule has 0 radical (unpaired) electrons. The largest absolute Gasteiger partial charge is 0.477 e. The number of hydrogen-bond donors (Lipinski definition) is 2. The third-order valence-corrected chi connectivity index (χ3v) is 4.52. The summed E-state index contributed by atoms with van der Waals surface area (Å²) in [7, 11) is -2.42. The van der Waals surface area contributed by atoms with Crippen LogP contribution in [0.4, 0.5) is 5.82 Å². The molecule has 1 aromatic heterocycles. The van der Waals surface area contributed by atoms with Crippen molar-refractivity contribution in [3.8, 4) is 0 Å². The van der Waals surface area contributed by atoms with Gasteiger partial charge in [0, 0.05) is 7.05 Å². The zero-order chi connectivity index (χ0) is 15.8. The molecule has 21 heavy (non-hydrogen) atoms. The number of carbonyl (C=O) groups is 1. The molecule has 0 saturated carbocycles. The molecular weight excluding hydrogens is 294 g/mol. The van der Waals surface area contributed by atoms with Crippen molar-refractivity contribution in [2.45, 2.75) is 18.7 Å². The summed E-state index contributed by atoms with van der Waals surface area (Å²) >= 11 is 0. The number of rotatable bonds is 4. The number of aromatic nitrogens is 2. The van der Waals surface area contributed by atoms with Gasteiger partial charge >= 0.3 is 5.97 Å². The van der Waals surface area contributed by atoms with Crippen molar-refractivity contribution >= 4 is 21.8 Å². The number of hydrogen-bond acceptors (Lipinski definition) is 4. The smallest absolute Gasteiger partial charge is 0.341 e. The van der Waals surface area contributed by atoms with Crippen LogP contribution in [0.3, 0.4) is 0 Å². The minimum absolute atomic E-state index is 0.0810. The van der Waals surface area contributed by atoms with Crippen LogP contribution in [0.1, 0.15) is 21.5 Å². The fraction of sp³-hybridized carbons (Fsp3) is 0.231. The van der Waals surface area contributed by atoms with E-state index in [4.69, 9.17) is 5.11 Å². The molecule has 0 atom stereocenters. The third kappa shape index (κ3) is 2.89. The second-order valence-electron chi connectivity index (χ2n) is 4.71. The van der Waals surface area contributed by atoms with E-state index in [0.29, 0.717) is 5.56 Å². The maximum absolute atomic E-state index is 12.4. The van der Waals surface area contributed by atoms with Crippen LogP contribution in [0.15, 0.2) is 29.3 Å². The SMILES string of the molecule is Cc1ccc(S(=O)(=O)Nc2c(C(=O)O)cnn2C)c(C)c1. The van der Waals surface area contributed by atoms with E-state index in [1.54, 1.807) is 19.1 Å². The van der Waals surface area contributed by atoms with E-state index < -0.39 is 16.0 Å². The van der Waals surface area contributed by atoms with E-state index in [2.05, 4.69) is 9.82 Å². The van der Waals surface area contributed by atoms with E-state index >= 15 is 0 Å². The van der Waals surface area contributed by atoms with Gasteiger partial charge in [-0.3, -0.25) is 9.40 Å². The van der Waals surface area contributed by atoms with Crippen LogP contribution in [0, 0.1) is 13.8 Å². The molecule has 0 aliphatic carbocycles. The minimum Gasteiger partial charge on any atom is -0.477 e. The topological polar surface area (TPSA) is 101 Å². The Labute approximate surface area is 122 Å². The molecule has 0 aliphatic rings. The molecule has 2 aromatic rings. The third-order valence-electron chi connectivity index (χ3n) is 3.02. The molecule has 0 saturated heterocycles. The second-order valence-corrected chi connectivity index (χ2v) is 6.36. The maximum atomic E-state index is 12.4. The van der Waals surface area contributed by atoms with Gasteiger partial charge in [-0.25, -0.2) is 13.2 Å². The fourth-order valence-corrected chi connectivity index (χ4v) is 3.33. The number of aryl methyl sites for hydroxylation is 3. The molecule has 8 heteroatoms. The van der Waals surface area contributed by atoms with Gasteiger partial charge in [-0.1, -0.05) is 17.7 Å². The summed E-state index contributed by atoms with van der Waals surface area (Å²) in [5, 5.41) is 12.8. The highest BCUT2D eigenvalue weighted by Crippen LogP contribution is 2.22. The maximum Gasteiger partial charge on any atom is 0.341 e. The van der Waals surface area contributed by atoms with Crippen LogP contribution < -0.4 is 4.72 Å². The minimum atomic E-state index is -3.88. The normalized spacial score (nSPS) is 11.4. The van der Waals surface area contributed by atoms with Crippen molar-refractivity contribution in [3.63, 3.8) is 0 Å². The Kier molecular flexibility index (Phi) is 3.73. The van der Waals surface area contributed by atoms with Crippen LogP contribution >= 0.6 is 0 Å². The monoisotopic (exact) mass is 309 g/mol. The number of anilines is 1. The number of carboxylic acids is 1. The predicted molar refractivity (Wildman–Crippen MR) is 76.9 cm³/mol. The van der Waals surface area contributed by atoms with Crippen LogP contribution in [-0.2, 0) is 17.1 Å². The molecule has 0 aliphatic heterocycles.